The van der Waals surface area contributed by atoms with E-state index in [-0.39, 0.29) is 17.8 Å². The Labute approximate surface area is 201 Å². The fraction of sp³-hybridized carbons (Fsp3) is 0.500. The lowest BCUT2D eigenvalue weighted by atomic mass is 10.0. The van der Waals surface area contributed by atoms with Crippen molar-refractivity contribution in [2.75, 3.05) is 13.1 Å². The summed E-state index contributed by atoms with van der Waals surface area (Å²) in [6.07, 6.45) is 6.57. The summed E-state index contributed by atoms with van der Waals surface area (Å²) >= 11 is 0. The Morgan fingerprint density at radius 1 is 1.26 bits per heavy atom. The summed E-state index contributed by atoms with van der Waals surface area (Å²) in [7, 11) is 0. The number of nitrogens with zero attached hydrogens (tertiary/aromatic N) is 4. The van der Waals surface area contributed by atoms with Crippen molar-refractivity contribution in [2.45, 2.75) is 72.0 Å². The molecular weight excluding hydrogens is 428 g/mol. The zero-order valence-electron chi connectivity index (χ0n) is 20.8. The van der Waals surface area contributed by atoms with Gasteiger partial charge in [-0.3, -0.25) is 9.48 Å². The van der Waals surface area contributed by atoms with E-state index in [0.717, 1.165) is 48.2 Å². The zero-order chi connectivity index (χ0) is 24.4. The van der Waals surface area contributed by atoms with Crippen molar-refractivity contribution in [2.24, 2.45) is 4.99 Å². The minimum absolute atomic E-state index is 0.0456. The summed E-state index contributed by atoms with van der Waals surface area (Å²) in [5.74, 6) is -0.0752. The van der Waals surface area contributed by atoms with Crippen LogP contribution in [0.15, 0.2) is 35.6 Å². The first-order valence-electron chi connectivity index (χ1n) is 12.3. The first-order chi connectivity index (χ1) is 16.3. The number of benzene rings is 1. The van der Waals surface area contributed by atoms with E-state index in [1.54, 1.807) is 12.3 Å². The van der Waals surface area contributed by atoms with Gasteiger partial charge < -0.3 is 20.3 Å². The molecule has 0 aliphatic carbocycles. The standard InChI is InChI=1S/C26H36N6O2/c1-6-22(29-19-14-27-32(15-19)20-9-11-31(12-10-20)17(4)5)24-21-13-18(25(33)28-16(2)3)7-8-23(21)30-26(24)34/h7-8,13-17,20,30,34H,6,9-12H2,1-5H3,(H,28,33). The lowest BCUT2D eigenvalue weighted by molar-refractivity contribution is 0.0943. The molecule has 182 valence electrons. The van der Waals surface area contributed by atoms with Crippen molar-refractivity contribution >= 4 is 28.2 Å². The topological polar surface area (TPSA) is 98.5 Å². The number of likely N-dealkylation sites (tertiary alicyclic amines) is 1. The highest BCUT2D eigenvalue weighted by Gasteiger charge is 2.23. The molecule has 0 spiro atoms. The molecule has 0 saturated carbocycles. The van der Waals surface area contributed by atoms with Gasteiger partial charge in [0.25, 0.3) is 5.91 Å². The van der Waals surface area contributed by atoms with Gasteiger partial charge in [0.1, 0.15) is 5.69 Å². The number of hydrogen-bond donors (Lipinski definition) is 3. The van der Waals surface area contributed by atoms with Gasteiger partial charge in [-0.1, -0.05) is 6.92 Å². The molecule has 0 atom stereocenters. The molecule has 0 unspecified atom stereocenters. The van der Waals surface area contributed by atoms with E-state index in [1.165, 1.54) is 0 Å². The van der Waals surface area contributed by atoms with E-state index in [0.29, 0.717) is 29.6 Å². The molecule has 1 amide bonds. The van der Waals surface area contributed by atoms with Gasteiger partial charge in [0, 0.05) is 41.6 Å². The van der Waals surface area contributed by atoms with Crippen molar-refractivity contribution in [3.05, 3.63) is 41.7 Å². The molecule has 34 heavy (non-hydrogen) atoms. The highest BCUT2D eigenvalue weighted by Crippen LogP contribution is 2.31. The molecule has 1 aromatic carbocycles. The van der Waals surface area contributed by atoms with Gasteiger partial charge in [-0.15, -0.1) is 0 Å². The van der Waals surface area contributed by atoms with Crippen molar-refractivity contribution in [1.29, 1.82) is 0 Å². The number of H-pyrrole nitrogens is 1. The maximum Gasteiger partial charge on any atom is 0.251 e. The molecule has 8 heteroatoms. The number of amides is 1. The number of carbonyl (C=O) groups is 1. The average Bonchev–Trinajstić information content (AvgIpc) is 3.40. The largest absolute Gasteiger partial charge is 0.494 e. The number of aliphatic imine (C=N–C) groups is 1. The van der Waals surface area contributed by atoms with Crippen LogP contribution in [0.3, 0.4) is 0 Å². The second kappa shape index (κ2) is 10.0. The molecule has 1 aliphatic heterocycles. The van der Waals surface area contributed by atoms with E-state index < -0.39 is 0 Å². The molecule has 8 nitrogen and oxygen atoms in total. The number of piperidine rings is 1. The first-order valence-corrected chi connectivity index (χ1v) is 12.3. The average molecular weight is 465 g/mol. The molecule has 3 N–H and O–H groups in total. The van der Waals surface area contributed by atoms with Crippen LogP contribution in [-0.2, 0) is 0 Å². The van der Waals surface area contributed by atoms with Gasteiger partial charge in [0.15, 0.2) is 5.88 Å². The number of rotatable bonds is 7. The van der Waals surface area contributed by atoms with Gasteiger partial charge in [0.2, 0.25) is 0 Å². The second-order valence-electron chi connectivity index (χ2n) is 9.69. The third-order valence-corrected chi connectivity index (χ3v) is 6.54. The highest BCUT2D eigenvalue weighted by atomic mass is 16.3. The predicted octanol–water partition coefficient (Wildman–Crippen LogP) is 4.78. The number of aromatic nitrogens is 3. The number of fused-ring (bicyclic) bond motifs is 1. The summed E-state index contributed by atoms with van der Waals surface area (Å²) in [6, 6.07) is 6.40. The third-order valence-electron chi connectivity index (χ3n) is 6.54. The van der Waals surface area contributed by atoms with Crippen LogP contribution >= 0.6 is 0 Å². The fourth-order valence-electron chi connectivity index (χ4n) is 4.68. The minimum Gasteiger partial charge on any atom is -0.494 e. The number of nitrogens with one attached hydrogen (secondary N) is 2. The number of hydrogen-bond acceptors (Lipinski definition) is 5. The fourth-order valence-corrected chi connectivity index (χ4v) is 4.68. The second-order valence-corrected chi connectivity index (χ2v) is 9.69. The maximum absolute atomic E-state index is 12.5. The smallest absolute Gasteiger partial charge is 0.251 e. The summed E-state index contributed by atoms with van der Waals surface area (Å²) in [5.41, 5.74) is 3.47. The number of carbonyl (C=O) groups excluding carboxylic acids is 1. The molecule has 4 rings (SSSR count). The number of aromatic amines is 1. The lowest BCUT2D eigenvalue weighted by Crippen LogP contribution is -2.39. The minimum atomic E-state index is -0.136. The Morgan fingerprint density at radius 3 is 2.65 bits per heavy atom. The van der Waals surface area contributed by atoms with Crippen molar-refractivity contribution in [3.8, 4) is 5.88 Å². The van der Waals surface area contributed by atoms with Gasteiger partial charge in [-0.25, -0.2) is 4.99 Å². The van der Waals surface area contributed by atoms with Crippen molar-refractivity contribution < 1.29 is 9.90 Å². The molecule has 3 aromatic rings. The Morgan fingerprint density at radius 2 is 2.00 bits per heavy atom. The van der Waals surface area contributed by atoms with Crippen LogP contribution in [0.25, 0.3) is 10.9 Å². The van der Waals surface area contributed by atoms with E-state index >= 15 is 0 Å². The Hall–Kier alpha value is -3.13. The van der Waals surface area contributed by atoms with Crippen LogP contribution in [0.4, 0.5) is 5.69 Å². The summed E-state index contributed by atoms with van der Waals surface area (Å²) < 4.78 is 2.03. The lowest BCUT2D eigenvalue weighted by Gasteiger charge is -2.34. The Bertz CT molecular complexity index is 1180. The van der Waals surface area contributed by atoms with Crippen LogP contribution in [0.2, 0.25) is 0 Å². The zero-order valence-corrected chi connectivity index (χ0v) is 20.8. The van der Waals surface area contributed by atoms with Crippen molar-refractivity contribution in [1.82, 2.24) is 25.0 Å². The first kappa shape index (κ1) is 24.0. The van der Waals surface area contributed by atoms with E-state index in [2.05, 4.69) is 34.1 Å². The van der Waals surface area contributed by atoms with Gasteiger partial charge >= 0.3 is 0 Å². The SMILES string of the molecule is CCC(=Nc1cnn(C2CCN(C(C)C)CC2)c1)c1c(O)[nH]c2ccc(C(=O)NC(C)C)cc12. The Kier molecular flexibility index (Phi) is 7.07. The van der Waals surface area contributed by atoms with Crippen LogP contribution < -0.4 is 5.32 Å². The normalized spacial score (nSPS) is 16.1. The molecule has 1 fully saturated rings. The van der Waals surface area contributed by atoms with E-state index in [4.69, 9.17) is 4.99 Å². The molecule has 2 aromatic heterocycles. The quantitative estimate of drug-likeness (QED) is 0.438. The van der Waals surface area contributed by atoms with Crippen LogP contribution in [0.1, 0.15) is 75.8 Å². The summed E-state index contributed by atoms with van der Waals surface area (Å²) in [5, 5.41) is 19.0. The third kappa shape index (κ3) is 5.01. The van der Waals surface area contributed by atoms with Gasteiger partial charge in [-0.2, -0.15) is 5.10 Å². The Balaban J connectivity index is 1.61. The molecule has 1 saturated heterocycles. The van der Waals surface area contributed by atoms with Gasteiger partial charge in [0.05, 0.1) is 29.7 Å². The molecular formula is C26H36N6O2. The van der Waals surface area contributed by atoms with Crippen molar-refractivity contribution in [3.63, 3.8) is 0 Å². The van der Waals surface area contributed by atoms with Gasteiger partial charge in [-0.05, 0) is 65.2 Å². The van der Waals surface area contributed by atoms with E-state index in [9.17, 15) is 9.90 Å². The maximum atomic E-state index is 12.5. The van der Waals surface area contributed by atoms with Crippen LogP contribution in [0, 0.1) is 0 Å². The molecule has 3 heterocycles. The predicted molar refractivity (Wildman–Crippen MR) is 136 cm³/mol. The van der Waals surface area contributed by atoms with E-state index in [1.807, 2.05) is 43.8 Å². The molecule has 0 radical (unpaired) electrons. The molecule has 1 aliphatic rings. The highest BCUT2D eigenvalue weighted by molar-refractivity contribution is 6.14. The monoisotopic (exact) mass is 464 g/mol. The van der Waals surface area contributed by atoms with Crippen LogP contribution in [-0.4, -0.2) is 61.6 Å². The van der Waals surface area contributed by atoms with Crippen LogP contribution in [0.5, 0.6) is 5.88 Å². The number of aromatic hydroxyl groups is 1. The summed E-state index contributed by atoms with van der Waals surface area (Å²) in [4.78, 5) is 22.9. The molecule has 0 bridgehead atoms. The summed E-state index contributed by atoms with van der Waals surface area (Å²) in [6.45, 7) is 12.5.